The van der Waals surface area contributed by atoms with Gasteiger partial charge in [0.2, 0.25) is 0 Å². The second-order valence-corrected chi connectivity index (χ2v) is 12.1. The Morgan fingerprint density at radius 2 is 0.531 bits per heavy atom. The first-order valence-electron chi connectivity index (χ1n) is 9.85. The molecular formula is C29H35P2Ru+2. The van der Waals surface area contributed by atoms with Gasteiger partial charge in [0.25, 0.3) is 0 Å². The van der Waals surface area contributed by atoms with Gasteiger partial charge in [-0.15, -0.1) is 0 Å². The molecule has 1 radical (unpaired) electrons. The molecule has 32 heavy (non-hydrogen) atoms. The van der Waals surface area contributed by atoms with Crippen LogP contribution in [0.4, 0.5) is 0 Å². The van der Waals surface area contributed by atoms with Crippen molar-refractivity contribution in [1.82, 2.24) is 0 Å². The van der Waals surface area contributed by atoms with E-state index >= 15 is 0 Å². The molecule has 0 amide bonds. The first-order chi connectivity index (χ1) is 13.9. The van der Waals surface area contributed by atoms with Gasteiger partial charge >= 0.3 is 19.5 Å². The van der Waals surface area contributed by atoms with Crippen molar-refractivity contribution < 1.29 is 19.5 Å². The maximum Gasteiger partial charge on any atom is 3.00 e. The van der Waals surface area contributed by atoms with Gasteiger partial charge in [-0.3, -0.25) is 0 Å². The molecule has 0 saturated heterocycles. The van der Waals surface area contributed by atoms with Crippen LogP contribution in [-0.2, 0) is 19.5 Å². The Morgan fingerprint density at radius 1 is 0.344 bits per heavy atom. The van der Waals surface area contributed by atoms with E-state index in [1.165, 1.54) is 33.5 Å². The monoisotopic (exact) mass is 547 g/mol. The van der Waals surface area contributed by atoms with Crippen LogP contribution in [0.5, 0.6) is 0 Å². The van der Waals surface area contributed by atoms with E-state index in [-0.39, 0.29) is 41.8 Å². The minimum absolute atomic E-state index is 0. The summed E-state index contributed by atoms with van der Waals surface area (Å²) in [5.74, 6) is 0. The molecule has 0 unspecified atom stereocenters. The average molecular weight is 547 g/mol. The van der Waals surface area contributed by atoms with E-state index in [0.29, 0.717) is 0 Å². The van der Waals surface area contributed by atoms with Crippen molar-refractivity contribution in [2.75, 3.05) is 12.3 Å². The van der Waals surface area contributed by atoms with Crippen molar-refractivity contribution in [3.05, 3.63) is 144 Å². The topological polar surface area (TPSA) is 0 Å². The Morgan fingerprint density at radius 3 is 0.719 bits per heavy atom. The zero-order valence-corrected chi connectivity index (χ0v) is 23.1. The van der Waals surface area contributed by atoms with Gasteiger partial charge in [-0.2, -0.15) is 0 Å². The Labute approximate surface area is 211 Å². The minimum atomic E-state index is -0.783. The molecular weight excluding hydrogens is 511 g/mol. The summed E-state index contributed by atoms with van der Waals surface area (Å²) in [5, 5.41) is 6.06. The molecule has 0 atom stereocenters. The van der Waals surface area contributed by atoms with Gasteiger partial charge in [-0.05, 0) is 48.5 Å². The van der Waals surface area contributed by atoms with E-state index in [1.807, 2.05) is 0 Å². The molecule has 4 rings (SSSR count). The molecule has 0 aliphatic carbocycles. The molecule has 0 nitrogen and oxygen atoms in total. The van der Waals surface area contributed by atoms with E-state index in [0.717, 1.165) is 0 Å². The number of hydrogen-bond donors (Lipinski definition) is 0. The largest absolute Gasteiger partial charge is 3.00 e. The Kier molecular flexibility index (Phi) is 15.2. The van der Waals surface area contributed by atoms with E-state index < -0.39 is 15.8 Å². The fourth-order valence-corrected chi connectivity index (χ4v) is 9.92. The predicted molar refractivity (Wildman–Crippen MR) is 150 cm³/mol. The smallest absolute Gasteiger partial charge is 0.358 e. The fourth-order valence-electron chi connectivity index (χ4n) is 3.72. The number of rotatable bonds is 7. The molecule has 4 aromatic carbocycles. The summed E-state index contributed by atoms with van der Waals surface area (Å²) in [6.07, 6.45) is 2.52. The van der Waals surface area contributed by atoms with Crippen LogP contribution >= 0.6 is 15.8 Å². The van der Waals surface area contributed by atoms with Gasteiger partial charge in [-0.25, -0.2) is 0 Å². The second-order valence-electron chi connectivity index (χ2n) is 6.92. The van der Waals surface area contributed by atoms with Gasteiger partial charge in [0.15, 0.2) is 0 Å². The van der Waals surface area contributed by atoms with Crippen molar-refractivity contribution in [3.8, 4) is 0 Å². The first-order valence-corrected chi connectivity index (χ1v) is 13.3. The van der Waals surface area contributed by atoms with Crippen LogP contribution in [0, 0.1) is 22.3 Å². The van der Waals surface area contributed by atoms with E-state index in [1.54, 1.807) is 0 Å². The molecule has 0 aliphatic heterocycles. The van der Waals surface area contributed by atoms with Crippen molar-refractivity contribution in [2.45, 2.75) is 0 Å². The van der Waals surface area contributed by atoms with Crippen LogP contribution in [-0.4, -0.2) is 12.3 Å². The maximum atomic E-state index is 2.32. The molecule has 0 aliphatic rings. The molecule has 4 aromatic rings. The summed E-state index contributed by atoms with van der Waals surface area (Å²) in [7, 11) is -1.57. The zero-order chi connectivity index (χ0) is 19.0. The fraction of sp³-hybridized carbons (Fsp3) is 0.0690. The minimum Gasteiger partial charge on any atom is -0.358 e. The van der Waals surface area contributed by atoms with Crippen LogP contribution in [0.1, 0.15) is 0 Å². The second kappa shape index (κ2) is 16.1. The third-order valence-electron chi connectivity index (χ3n) is 5.11. The standard InChI is InChI=1S/C26H24P2.3CH3.Ru/c1-5-13-23(14-6-1)27(24-15-7-2-8-16-24)21-22-28(25-17-9-3-10-18-25)26-19-11-4-12-20-26;;;;/h1-20H,21-22H2;3*1H3;/q;3*-1;+3/p+2. The van der Waals surface area contributed by atoms with E-state index in [4.69, 9.17) is 0 Å². The van der Waals surface area contributed by atoms with Crippen molar-refractivity contribution >= 4 is 37.1 Å². The molecule has 0 bridgehead atoms. The quantitative estimate of drug-likeness (QED) is 0.150. The third kappa shape index (κ3) is 8.05. The molecule has 0 aromatic heterocycles. The Balaban J connectivity index is 0.00000240. The van der Waals surface area contributed by atoms with Crippen LogP contribution < -0.4 is 21.2 Å². The van der Waals surface area contributed by atoms with Crippen LogP contribution in [0.25, 0.3) is 0 Å². The summed E-state index contributed by atoms with van der Waals surface area (Å²) in [6, 6.07) is 44.5. The molecule has 0 N–H and O–H groups in total. The van der Waals surface area contributed by atoms with Crippen LogP contribution in [0.15, 0.2) is 121 Å². The normalized spacial score (nSPS) is 9.69. The van der Waals surface area contributed by atoms with E-state index in [9.17, 15) is 0 Å². The van der Waals surface area contributed by atoms with Gasteiger partial charge in [0.1, 0.15) is 12.3 Å². The summed E-state index contributed by atoms with van der Waals surface area (Å²) >= 11 is 0. The van der Waals surface area contributed by atoms with Crippen LogP contribution in [0.2, 0.25) is 0 Å². The predicted octanol–water partition coefficient (Wildman–Crippen LogP) is 6.07. The zero-order valence-electron chi connectivity index (χ0n) is 19.3. The van der Waals surface area contributed by atoms with Crippen molar-refractivity contribution in [3.63, 3.8) is 0 Å². The van der Waals surface area contributed by atoms with E-state index in [2.05, 4.69) is 121 Å². The molecule has 167 valence electrons. The first kappa shape index (κ1) is 30.4. The Hall–Kier alpha value is -1.64. The number of benzene rings is 4. The van der Waals surface area contributed by atoms with Gasteiger partial charge in [0.05, 0.1) is 37.1 Å². The molecule has 3 heteroatoms. The third-order valence-corrected chi connectivity index (χ3v) is 11.2. The van der Waals surface area contributed by atoms with Crippen molar-refractivity contribution in [2.24, 2.45) is 0 Å². The van der Waals surface area contributed by atoms with Crippen molar-refractivity contribution in [1.29, 1.82) is 0 Å². The molecule has 0 fully saturated rings. The van der Waals surface area contributed by atoms with Gasteiger partial charge in [0, 0.05) is 0 Å². The summed E-state index contributed by atoms with van der Waals surface area (Å²) in [6.45, 7) is 0. The van der Waals surface area contributed by atoms with Gasteiger partial charge in [-0.1, -0.05) is 72.8 Å². The molecule has 0 heterocycles. The van der Waals surface area contributed by atoms with Gasteiger partial charge < -0.3 is 22.3 Å². The summed E-state index contributed by atoms with van der Waals surface area (Å²) < 4.78 is 0. The summed E-state index contributed by atoms with van der Waals surface area (Å²) in [4.78, 5) is 0. The average Bonchev–Trinajstić information content (AvgIpc) is 2.79. The number of hydrogen-bond acceptors (Lipinski definition) is 0. The molecule has 0 saturated carbocycles. The molecule has 0 spiro atoms. The van der Waals surface area contributed by atoms with Crippen LogP contribution in [0.3, 0.4) is 0 Å². The Bertz CT molecular complexity index is 799. The maximum absolute atomic E-state index is 2.32. The summed E-state index contributed by atoms with van der Waals surface area (Å²) in [5.41, 5.74) is 0. The SMILES string of the molecule is [CH3-].[CH3-].[CH3-].[Ru+3].c1ccc([PH+](CC[PH+](c2ccccc2)c2ccccc2)c2ccccc2)cc1.